The van der Waals surface area contributed by atoms with Crippen LogP contribution in [0.3, 0.4) is 0 Å². The summed E-state index contributed by atoms with van der Waals surface area (Å²) >= 11 is 8.26. The van der Waals surface area contributed by atoms with Gasteiger partial charge in [0.1, 0.15) is 4.32 Å². The number of hydrogen-bond donors (Lipinski definition) is 0. The van der Waals surface area contributed by atoms with Crippen molar-refractivity contribution in [2.24, 2.45) is 5.92 Å². The Bertz CT molecular complexity index is 1140. The monoisotopic (exact) mass is 471 g/mol. The molecule has 2 fully saturated rings. The fraction of sp³-hybridized carbons (Fsp3) is 0.364. The Morgan fingerprint density at radius 1 is 1.16 bits per heavy atom. The number of piperidine rings is 1. The second-order valence-corrected chi connectivity index (χ2v) is 10.8. The number of nitrogens with zero attached hydrogens (tertiary/aromatic N) is 3. The molecule has 6 nitrogen and oxygen atoms in total. The zero-order valence-electron chi connectivity index (χ0n) is 16.7. The molecule has 0 saturated carbocycles. The van der Waals surface area contributed by atoms with E-state index in [2.05, 4.69) is 0 Å². The molecule has 9 heteroatoms. The number of carbonyl (C=O) groups is 2. The van der Waals surface area contributed by atoms with E-state index in [1.807, 2.05) is 39.1 Å². The van der Waals surface area contributed by atoms with Crippen LogP contribution >= 0.6 is 35.3 Å². The predicted octanol–water partition coefficient (Wildman–Crippen LogP) is 3.15. The average molecular weight is 472 g/mol. The maximum absolute atomic E-state index is 13.0. The molecular weight excluding hydrogens is 450 g/mol. The molecule has 2 atom stereocenters. The van der Waals surface area contributed by atoms with E-state index in [9.17, 15) is 14.4 Å². The molecule has 3 aliphatic heterocycles. The third-order valence-corrected chi connectivity index (χ3v) is 8.27. The molecule has 2 amide bonds. The Balaban J connectivity index is 1.23. The molecule has 0 N–H and O–H groups in total. The zero-order chi connectivity index (χ0) is 21.5. The number of thiophene rings is 1. The number of likely N-dealkylation sites (tertiary alicyclic amines) is 1. The molecule has 2 aromatic heterocycles. The summed E-state index contributed by atoms with van der Waals surface area (Å²) in [6.45, 7) is 2.24. The quantitative estimate of drug-likeness (QED) is 0.506. The van der Waals surface area contributed by atoms with Crippen molar-refractivity contribution in [3.63, 3.8) is 0 Å². The second kappa shape index (κ2) is 8.37. The Morgan fingerprint density at radius 2 is 2.03 bits per heavy atom. The average Bonchev–Trinajstić information content (AvgIpc) is 3.35. The van der Waals surface area contributed by atoms with Crippen LogP contribution in [0.25, 0.3) is 6.08 Å². The highest BCUT2D eigenvalue weighted by Gasteiger charge is 2.37. The molecule has 0 radical (unpaired) electrons. The maximum Gasteiger partial charge on any atom is 0.266 e. The van der Waals surface area contributed by atoms with E-state index in [-0.39, 0.29) is 29.7 Å². The smallest absolute Gasteiger partial charge is 0.266 e. The Labute approximate surface area is 193 Å². The molecule has 5 heterocycles. The summed E-state index contributed by atoms with van der Waals surface area (Å²) in [5.74, 6) is 0.397. The third-order valence-electron chi connectivity index (χ3n) is 6.07. The summed E-state index contributed by atoms with van der Waals surface area (Å²) in [6.07, 6.45) is 3.12. The van der Waals surface area contributed by atoms with Gasteiger partial charge < -0.3 is 9.47 Å². The van der Waals surface area contributed by atoms with Crippen molar-refractivity contribution >= 4 is 57.5 Å². The van der Waals surface area contributed by atoms with Crippen LogP contribution in [0.15, 0.2) is 45.4 Å². The summed E-state index contributed by atoms with van der Waals surface area (Å²) in [7, 11) is 0. The van der Waals surface area contributed by atoms with Crippen LogP contribution in [0.1, 0.15) is 29.3 Å². The van der Waals surface area contributed by atoms with E-state index >= 15 is 0 Å². The number of thioether (sulfide) groups is 1. The van der Waals surface area contributed by atoms with Crippen LogP contribution in [0.4, 0.5) is 0 Å². The number of amides is 2. The summed E-state index contributed by atoms with van der Waals surface area (Å²) < 4.78 is 2.37. The minimum Gasteiger partial charge on any atom is -0.342 e. The lowest BCUT2D eigenvalue weighted by atomic mass is 9.83. The van der Waals surface area contributed by atoms with Crippen LogP contribution in [-0.2, 0) is 16.1 Å². The SMILES string of the molecule is O=C(CCN1C(=O)/C(=C/c2cccs2)SC1=S)N1C[C@@H]2C[C@H](C1)c1cccc(=O)n1C2. The first-order chi connectivity index (χ1) is 15.0. The molecule has 0 aromatic carbocycles. The predicted molar refractivity (Wildman–Crippen MR) is 127 cm³/mol. The van der Waals surface area contributed by atoms with Gasteiger partial charge in [0.25, 0.3) is 11.5 Å². The van der Waals surface area contributed by atoms with Crippen LogP contribution in [0, 0.1) is 5.92 Å². The van der Waals surface area contributed by atoms with Gasteiger partial charge in [-0.25, -0.2) is 0 Å². The van der Waals surface area contributed by atoms with E-state index in [1.165, 1.54) is 16.7 Å². The highest BCUT2D eigenvalue weighted by Crippen LogP contribution is 2.36. The van der Waals surface area contributed by atoms with Gasteiger partial charge in [-0.3, -0.25) is 19.3 Å². The van der Waals surface area contributed by atoms with Gasteiger partial charge in [-0.15, -0.1) is 11.3 Å². The van der Waals surface area contributed by atoms with Gasteiger partial charge in [-0.2, -0.15) is 0 Å². The van der Waals surface area contributed by atoms with E-state index in [4.69, 9.17) is 12.2 Å². The molecule has 31 heavy (non-hydrogen) atoms. The number of hydrogen-bond acceptors (Lipinski definition) is 6. The fourth-order valence-electron chi connectivity index (χ4n) is 4.66. The van der Waals surface area contributed by atoms with Crippen LogP contribution in [-0.4, -0.2) is 50.1 Å². The molecule has 0 unspecified atom stereocenters. The minimum absolute atomic E-state index is 0.0388. The van der Waals surface area contributed by atoms with Gasteiger partial charge in [0.05, 0.1) is 4.91 Å². The highest BCUT2D eigenvalue weighted by atomic mass is 32.2. The van der Waals surface area contributed by atoms with Crippen LogP contribution in [0.2, 0.25) is 0 Å². The molecule has 0 aliphatic carbocycles. The third kappa shape index (κ3) is 4.02. The number of pyridine rings is 1. The molecule has 160 valence electrons. The Kier molecular flexibility index (Phi) is 5.58. The number of rotatable bonds is 4. The lowest BCUT2D eigenvalue weighted by Gasteiger charge is -2.42. The normalized spacial score (nSPS) is 24.1. The van der Waals surface area contributed by atoms with Gasteiger partial charge in [-0.05, 0) is 35.9 Å². The minimum atomic E-state index is -0.125. The van der Waals surface area contributed by atoms with Gasteiger partial charge in [0.2, 0.25) is 5.91 Å². The molecular formula is C22H21N3O3S3. The summed E-state index contributed by atoms with van der Waals surface area (Å²) in [4.78, 5) is 43.0. The topological polar surface area (TPSA) is 62.6 Å². The summed E-state index contributed by atoms with van der Waals surface area (Å²) in [5.41, 5.74) is 1.06. The number of thiocarbonyl (C=S) groups is 1. The van der Waals surface area contributed by atoms with Crippen molar-refractivity contribution in [1.82, 2.24) is 14.4 Å². The molecule has 3 aliphatic rings. The van der Waals surface area contributed by atoms with Gasteiger partial charge in [0.15, 0.2) is 0 Å². The zero-order valence-corrected chi connectivity index (χ0v) is 19.2. The van der Waals surface area contributed by atoms with Crippen molar-refractivity contribution in [2.75, 3.05) is 19.6 Å². The van der Waals surface area contributed by atoms with Crippen LogP contribution < -0.4 is 5.56 Å². The largest absolute Gasteiger partial charge is 0.342 e. The van der Waals surface area contributed by atoms with Gasteiger partial charge in [-0.1, -0.05) is 36.1 Å². The lowest BCUT2D eigenvalue weighted by Crippen LogP contribution is -2.49. The first-order valence-electron chi connectivity index (χ1n) is 10.3. The first-order valence-corrected chi connectivity index (χ1v) is 12.4. The fourth-order valence-corrected chi connectivity index (χ4v) is 6.69. The van der Waals surface area contributed by atoms with E-state index < -0.39 is 0 Å². The standard InChI is InChI=1S/C22H21N3O3S3/c26-19(6-7-24-21(28)18(31-22(24)29)10-16-3-2-8-30-16)23-11-14-9-15(13-23)17-4-1-5-20(27)25(17)12-14/h1-5,8,10,14-15H,6-7,9,11-13H2/b18-10-/t14-,15+/m0/s1. The van der Waals surface area contributed by atoms with Gasteiger partial charge >= 0.3 is 0 Å². The van der Waals surface area contributed by atoms with E-state index in [0.29, 0.717) is 41.3 Å². The molecule has 2 bridgehead atoms. The van der Waals surface area contributed by atoms with Crippen LogP contribution in [0.5, 0.6) is 0 Å². The van der Waals surface area contributed by atoms with Crippen molar-refractivity contribution in [3.05, 3.63) is 61.5 Å². The second-order valence-electron chi connectivity index (χ2n) is 8.10. The first kappa shape index (κ1) is 20.7. The molecule has 2 aromatic rings. The maximum atomic E-state index is 13.0. The Hall–Kier alpha value is -2.23. The summed E-state index contributed by atoms with van der Waals surface area (Å²) in [5, 5.41) is 1.97. The van der Waals surface area contributed by atoms with E-state index in [1.54, 1.807) is 23.5 Å². The summed E-state index contributed by atoms with van der Waals surface area (Å²) in [6, 6.07) is 9.30. The van der Waals surface area contributed by atoms with Gasteiger partial charge in [0, 0.05) is 55.2 Å². The number of fused-ring (bicyclic) bond motifs is 4. The number of aromatic nitrogens is 1. The molecule has 0 spiro atoms. The molecule has 2 saturated heterocycles. The van der Waals surface area contributed by atoms with Crippen molar-refractivity contribution in [1.29, 1.82) is 0 Å². The highest BCUT2D eigenvalue weighted by molar-refractivity contribution is 8.26. The lowest BCUT2D eigenvalue weighted by molar-refractivity contribution is -0.134. The van der Waals surface area contributed by atoms with Crippen molar-refractivity contribution in [2.45, 2.75) is 25.3 Å². The van der Waals surface area contributed by atoms with Crippen molar-refractivity contribution in [3.8, 4) is 0 Å². The van der Waals surface area contributed by atoms with Crippen molar-refractivity contribution < 1.29 is 9.59 Å². The van der Waals surface area contributed by atoms with E-state index in [0.717, 1.165) is 17.0 Å². The Morgan fingerprint density at radius 3 is 2.84 bits per heavy atom. The molecule has 5 rings (SSSR count). The number of carbonyl (C=O) groups excluding carboxylic acids is 2.